The monoisotopic (exact) mass is 452 g/mol. The molecule has 5 rings (SSSR count). The summed E-state index contributed by atoms with van der Waals surface area (Å²) in [6.45, 7) is 2.16. The van der Waals surface area contributed by atoms with Gasteiger partial charge in [0.2, 0.25) is 10.0 Å². The van der Waals surface area contributed by atoms with Crippen LogP contribution < -0.4 is 4.72 Å². The van der Waals surface area contributed by atoms with Crippen molar-refractivity contribution in [3.8, 4) is 0 Å². The van der Waals surface area contributed by atoms with Crippen LogP contribution in [0.1, 0.15) is 49.9 Å². The second-order valence-corrected chi connectivity index (χ2v) is 10.6. The predicted molar refractivity (Wildman–Crippen MR) is 124 cm³/mol. The average Bonchev–Trinajstić information content (AvgIpc) is 3.50. The van der Waals surface area contributed by atoms with Crippen LogP contribution in [-0.2, 0) is 16.4 Å². The number of hydrogen-bond donors (Lipinski definition) is 2. The quantitative estimate of drug-likeness (QED) is 0.426. The number of aryl methyl sites for hydroxylation is 1. The van der Waals surface area contributed by atoms with Gasteiger partial charge in [-0.3, -0.25) is 4.40 Å². The van der Waals surface area contributed by atoms with Crippen molar-refractivity contribution in [2.24, 2.45) is 5.92 Å². The molecule has 0 spiro atoms. The fraction of sp³-hybridized carbons (Fsp3) is 0.435. The molecule has 0 saturated heterocycles. The highest BCUT2D eigenvalue weighted by Crippen LogP contribution is 2.41. The first-order chi connectivity index (χ1) is 15.5. The topological polar surface area (TPSA) is 105 Å². The van der Waals surface area contributed by atoms with E-state index in [4.69, 9.17) is 0 Å². The van der Waals surface area contributed by atoms with Gasteiger partial charge in [-0.25, -0.2) is 18.1 Å². The standard InChI is InChI=1S/C23H28N6O2S/c1-2-17-13-18(28-32(30,31)12-6-9-16-7-4-3-5-8-16)14-19(17)23-27-26-21-15-25-22-20(29(21)23)10-11-24-22/h3-5,7-8,10-11,15,17-19,24,28H,2,6,9,12-14H2,1H3/t17-,18+,19+/m1/s1. The summed E-state index contributed by atoms with van der Waals surface area (Å²) in [4.78, 5) is 7.53. The minimum Gasteiger partial charge on any atom is -0.345 e. The summed E-state index contributed by atoms with van der Waals surface area (Å²) in [5.41, 5.74) is 3.62. The molecule has 3 atom stereocenters. The Morgan fingerprint density at radius 2 is 2.00 bits per heavy atom. The first-order valence-corrected chi connectivity index (χ1v) is 12.9. The maximum Gasteiger partial charge on any atom is 0.211 e. The molecule has 2 N–H and O–H groups in total. The number of hydrogen-bond acceptors (Lipinski definition) is 5. The lowest BCUT2D eigenvalue weighted by atomic mass is 9.93. The van der Waals surface area contributed by atoms with Gasteiger partial charge in [0.15, 0.2) is 11.3 Å². The summed E-state index contributed by atoms with van der Waals surface area (Å²) in [6.07, 6.45) is 7.46. The van der Waals surface area contributed by atoms with Crippen LogP contribution in [0.3, 0.4) is 0 Å². The van der Waals surface area contributed by atoms with Gasteiger partial charge in [-0.05, 0) is 43.2 Å². The maximum atomic E-state index is 12.8. The molecule has 1 saturated carbocycles. The average molecular weight is 453 g/mol. The molecule has 0 amide bonds. The molecule has 4 aromatic rings. The van der Waals surface area contributed by atoms with Crippen molar-refractivity contribution in [3.63, 3.8) is 0 Å². The fourth-order valence-corrected chi connectivity index (χ4v) is 6.39. The third-order valence-corrected chi connectivity index (χ3v) is 8.10. The molecule has 0 aliphatic heterocycles. The zero-order chi connectivity index (χ0) is 22.1. The summed E-state index contributed by atoms with van der Waals surface area (Å²) in [7, 11) is -3.34. The Balaban J connectivity index is 1.30. The van der Waals surface area contributed by atoms with E-state index in [0.29, 0.717) is 18.0 Å². The van der Waals surface area contributed by atoms with E-state index in [1.54, 1.807) is 6.20 Å². The van der Waals surface area contributed by atoms with Gasteiger partial charge >= 0.3 is 0 Å². The molecule has 0 unspecified atom stereocenters. The summed E-state index contributed by atoms with van der Waals surface area (Å²) < 4.78 is 30.6. The van der Waals surface area contributed by atoms with Crippen molar-refractivity contribution in [2.75, 3.05) is 5.75 Å². The van der Waals surface area contributed by atoms with Crippen LogP contribution in [0.2, 0.25) is 0 Å². The molecule has 8 nitrogen and oxygen atoms in total. The third-order valence-electron chi connectivity index (χ3n) is 6.59. The molecular formula is C23H28N6O2S. The van der Waals surface area contributed by atoms with E-state index in [1.807, 2.05) is 42.6 Å². The second-order valence-electron chi connectivity index (χ2n) is 8.69. The number of aromatic nitrogens is 5. The normalized spacial score (nSPS) is 21.6. The third kappa shape index (κ3) is 4.14. The number of sulfonamides is 1. The highest BCUT2D eigenvalue weighted by atomic mass is 32.2. The molecular weight excluding hydrogens is 424 g/mol. The number of aromatic amines is 1. The molecule has 3 aromatic heterocycles. The zero-order valence-corrected chi connectivity index (χ0v) is 18.9. The fourth-order valence-electron chi connectivity index (χ4n) is 5.05. The van der Waals surface area contributed by atoms with Gasteiger partial charge in [-0.1, -0.05) is 43.7 Å². The smallest absolute Gasteiger partial charge is 0.211 e. The van der Waals surface area contributed by atoms with Crippen LogP contribution in [-0.4, -0.2) is 44.8 Å². The van der Waals surface area contributed by atoms with E-state index in [0.717, 1.165) is 42.7 Å². The Bertz CT molecular complexity index is 1310. The van der Waals surface area contributed by atoms with E-state index < -0.39 is 10.0 Å². The largest absolute Gasteiger partial charge is 0.345 e. The second kappa shape index (κ2) is 8.63. The van der Waals surface area contributed by atoms with Crippen LogP contribution in [0, 0.1) is 5.92 Å². The lowest BCUT2D eigenvalue weighted by Crippen LogP contribution is -2.35. The molecule has 3 heterocycles. The highest BCUT2D eigenvalue weighted by Gasteiger charge is 2.38. The van der Waals surface area contributed by atoms with Crippen LogP contribution in [0.5, 0.6) is 0 Å². The van der Waals surface area contributed by atoms with Crippen LogP contribution in [0.4, 0.5) is 0 Å². The highest BCUT2D eigenvalue weighted by molar-refractivity contribution is 7.89. The molecule has 0 radical (unpaired) electrons. The van der Waals surface area contributed by atoms with Gasteiger partial charge in [-0.2, -0.15) is 0 Å². The molecule has 168 valence electrons. The first kappa shape index (κ1) is 21.1. The van der Waals surface area contributed by atoms with E-state index in [1.165, 1.54) is 5.56 Å². The van der Waals surface area contributed by atoms with Crippen molar-refractivity contribution in [1.29, 1.82) is 0 Å². The van der Waals surface area contributed by atoms with Crippen molar-refractivity contribution in [1.82, 2.24) is 29.3 Å². The molecule has 1 aliphatic carbocycles. The van der Waals surface area contributed by atoms with Crippen LogP contribution in [0.25, 0.3) is 16.8 Å². The lowest BCUT2D eigenvalue weighted by Gasteiger charge is -2.16. The number of H-pyrrole nitrogens is 1. The van der Waals surface area contributed by atoms with Crippen molar-refractivity contribution < 1.29 is 8.42 Å². The number of nitrogens with one attached hydrogen (secondary N) is 2. The Kier molecular flexibility index (Phi) is 5.69. The number of nitrogens with zero attached hydrogens (tertiary/aromatic N) is 4. The molecule has 1 aliphatic rings. The molecule has 1 aromatic carbocycles. The molecule has 32 heavy (non-hydrogen) atoms. The van der Waals surface area contributed by atoms with Crippen molar-refractivity contribution in [3.05, 3.63) is 60.2 Å². The Morgan fingerprint density at radius 3 is 2.81 bits per heavy atom. The Morgan fingerprint density at radius 1 is 1.16 bits per heavy atom. The maximum absolute atomic E-state index is 12.8. The van der Waals surface area contributed by atoms with Gasteiger partial charge in [-0.15, -0.1) is 10.2 Å². The number of rotatable bonds is 8. The summed E-state index contributed by atoms with van der Waals surface area (Å²) in [5.74, 6) is 1.53. The number of benzene rings is 1. The van der Waals surface area contributed by atoms with Gasteiger partial charge in [0.1, 0.15) is 5.82 Å². The Hall–Kier alpha value is -2.78. The first-order valence-electron chi connectivity index (χ1n) is 11.2. The van der Waals surface area contributed by atoms with Crippen molar-refractivity contribution >= 4 is 26.8 Å². The van der Waals surface area contributed by atoms with E-state index >= 15 is 0 Å². The minimum atomic E-state index is -3.34. The summed E-state index contributed by atoms with van der Waals surface area (Å²) in [5, 5.41) is 8.83. The van der Waals surface area contributed by atoms with E-state index in [-0.39, 0.29) is 17.7 Å². The molecule has 0 bridgehead atoms. The molecule has 9 heteroatoms. The Labute approximate surface area is 187 Å². The zero-order valence-electron chi connectivity index (χ0n) is 18.1. The van der Waals surface area contributed by atoms with E-state index in [2.05, 4.69) is 36.2 Å². The summed E-state index contributed by atoms with van der Waals surface area (Å²) >= 11 is 0. The van der Waals surface area contributed by atoms with Gasteiger partial charge < -0.3 is 4.98 Å². The number of fused-ring (bicyclic) bond motifs is 3. The van der Waals surface area contributed by atoms with Crippen molar-refractivity contribution in [2.45, 2.75) is 51.0 Å². The van der Waals surface area contributed by atoms with Gasteiger partial charge in [0.05, 0.1) is 17.5 Å². The van der Waals surface area contributed by atoms with E-state index in [9.17, 15) is 8.42 Å². The van der Waals surface area contributed by atoms with Crippen LogP contribution in [0.15, 0.2) is 48.8 Å². The van der Waals surface area contributed by atoms with Crippen LogP contribution >= 0.6 is 0 Å². The van der Waals surface area contributed by atoms with Gasteiger partial charge in [0.25, 0.3) is 0 Å². The van der Waals surface area contributed by atoms with Gasteiger partial charge in [0, 0.05) is 18.2 Å². The minimum absolute atomic E-state index is 0.0809. The molecule has 1 fully saturated rings. The SMILES string of the molecule is CC[C@@H]1C[C@H](NS(=O)(=O)CCCc2ccccc2)C[C@@H]1c1nnc2cnc3[nH]ccc3n12. The summed E-state index contributed by atoms with van der Waals surface area (Å²) in [6, 6.07) is 11.9. The lowest BCUT2D eigenvalue weighted by molar-refractivity contribution is 0.449. The predicted octanol–water partition coefficient (Wildman–Crippen LogP) is 3.43.